The quantitative estimate of drug-likeness (QED) is 0.634. The average Bonchev–Trinajstić information content (AvgIpc) is 2.37. The molecule has 0 bridgehead atoms. The second kappa shape index (κ2) is 5.87. The first-order valence-electron chi connectivity index (χ1n) is 6.36. The lowest BCUT2D eigenvalue weighted by Crippen LogP contribution is -2.25. The second-order valence-corrected chi connectivity index (χ2v) is 4.69. The van der Waals surface area contributed by atoms with Gasteiger partial charge < -0.3 is 15.2 Å². The molecule has 1 aromatic carbocycles. The number of hydrogen-bond acceptors (Lipinski definition) is 3. The highest BCUT2D eigenvalue weighted by Gasteiger charge is 2.14. The summed E-state index contributed by atoms with van der Waals surface area (Å²) in [4.78, 5) is 0. The number of nitrogen functional groups attached to an aromatic ring is 1. The number of aryl methyl sites for hydroxylation is 1. The van der Waals surface area contributed by atoms with Crippen molar-refractivity contribution in [3.05, 3.63) is 29.3 Å². The number of hydrogen-bond donors (Lipinski definition) is 2. The maximum absolute atomic E-state index is 7.43. The molecule has 98 valence electrons. The number of amidine groups is 1. The molecule has 1 heterocycles. The van der Waals surface area contributed by atoms with Crippen LogP contribution in [0.15, 0.2) is 18.2 Å². The van der Waals surface area contributed by atoms with Crippen molar-refractivity contribution in [2.75, 3.05) is 13.2 Å². The zero-order valence-electron chi connectivity index (χ0n) is 10.7. The lowest BCUT2D eigenvalue weighted by atomic mass is 10.1. The fourth-order valence-corrected chi connectivity index (χ4v) is 2.16. The molecule has 0 spiro atoms. The number of nitrogens with two attached hydrogens (primary N) is 1. The molecule has 18 heavy (non-hydrogen) atoms. The summed E-state index contributed by atoms with van der Waals surface area (Å²) in [5.74, 6) is 0.904. The second-order valence-electron chi connectivity index (χ2n) is 4.69. The van der Waals surface area contributed by atoms with Gasteiger partial charge in [-0.25, -0.2) is 0 Å². The van der Waals surface area contributed by atoms with E-state index in [0.717, 1.165) is 36.3 Å². The summed E-state index contributed by atoms with van der Waals surface area (Å²) in [6.45, 7) is 3.37. The Bertz CT molecular complexity index is 426. The summed E-state index contributed by atoms with van der Waals surface area (Å²) in [6.07, 6.45) is 3.66. The topological polar surface area (TPSA) is 68.3 Å². The Morgan fingerprint density at radius 2 is 2.33 bits per heavy atom. The van der Waals surface area contributed by atoms with Gasteiger partial charge in [-0.05, 0) is 49.9 Å². The summed E-state index contributed by atoms with van der Waals surface area (Å²) in [5, 5.41) is 7.43. The molecule has 0 amide bonds. The predicted molar refractivity (Wildman–Crippen MR) is 71.3 cm³/mol. The molecule has 2 rings (SSSR count). The first-order valence-corrected chi connectivity index (χ1v) is 6.36. The third-order valence-corrected chi connectivity index (χ3v) is 3.20. The van der Waals surface area contributed by atoms with Gasteiger partial charge in [-0.1, -0.05) is 0 Å². The molecule has 0 aliphatic carbocycles. The molecule has 1 unspecified atom stereocenters. The van der Waals surface area contributed by atoms with Gasteiger partial charge in [0.2, 0.25) is 0 Å². The Kier molecular flexibility index (Phi) is 4.20. The largest absolute Gasteiger partial charge is 0.491 e. The SMILES string of the molecule is Cc1cc(OCC2CCCCO2)ccc1C(=N)N. The van der Waals surface area contributed by atoms with Crippen molar-refractivity contribution in [1.29, 1.82) is 5.41 Å². The van der Waals surface area contributed by atoms with Gasteiger partial charge in [0, 0.05) is 12.2 Å². The van der Waals surface area contributed by atoms with Gasteiger partial charge in [-0.15, -0.1) is 0 Å². The molecule has 0 aromatic heterocycles. The van der Waals surface area contributed by atoms with Gasteiger partial charge in [-0.3, -0.25) is 5.41 Å². The molecule has 0 saturated carbocycles. The minimum Gasteiger partial charge on any atom is -0.491 e. The van der Waals surface area contributed by atoms with E-state index in [9.17, 15) is 0 Å². The van der Waals surface area contributed by atoms with Crippen LogP contribution in [-0.2, 0) is 4.74 Å². The van der Waals surface area contributed by atoms with Crippen LogP contribution in [0.3, 0.4) is 0 Å². The zero-order chi connectivity index (χ0) is 13.0. The van der Waals surface area contributed by atoms with Crippen LogP contribution in [0.4, 0.5) is 0 Å². The van der Waals surface area contributed by atoms with E-state index in [1.165, 1.54) is 6.42 Å². The van der Waals surface area contributed by atoms with Crippen molar-refractivity contribution >= 4 is 5.84 Å². The van der Waals surface area contributed by atoms with Crippen LogP contribution in [0.25, 0.3) is 0 Å². The first kappa shape index (κ1) is 12.9. The Labute approximate surface area is 108 Å². The Balaban J connectivity index is 1.93. The predicted octanol–water partition coefficient (Wildman–Crippen LogP) is 2.23. The van der Waals surface area contributed by atoms with E-state index in [0.29, 0.717) is 6.61 Å². The normalized spacial score (nSPS) is 19.5. The first-order chi connectivity index (χ1) is 8.66. The van der Waals surface area contributed by atoms with Crippen molar-refractivity contribution in [2.24, 2.45) is 5.73 Å². The fraction of sp³-hybridized carbons (Fsp3) is 0.500. The van der Waals surface area contributed by atoms with E-state index in [1.807, 2.05) is 25.1 Å². The highest BCUT2D eigenvalue weighted by molar-refractivity contribution is 5.96. The smallest absolute Gasteiger partial charge is 0.123 e. The van der Waals surface area contributed by atoms with Gasteiger partial charge in [0.1, 0.15) is 18.2 Å². The van der Waals surface area contributed by atoms with Crippen molar-refractivity contribution in [3.8, 4) is 5.75 Å². The molecule has 3 N–H and O–H groups in total. The summed E-state index contributed by atoms with van der Waals surface area (Å²) in [5.41, 5.74) is 7.20. The number of rotatable bonds is 4. The van der Waals surface area contributed by atoms with Gasteiger partial charge >= 0.3 is 0 Å². The minimum atomic E-state index is 0.0923. The Morgan fingerprint density at radius 1 is 1.50 bits per heavy atom. The van der Waals surface area contributed by atoms with Crippen molar-refractivity contribution < 1.29 is 9.47 Å². The molecule has 1 aromatic rings. The molecule has 4 nitrogen and oxygen atoms in total. The van der Waals surface area contributed by atoms with E-state index in [4.69, 9.17) is 20.6 Å². The van der Waals surface area contributed by atoms with E-state index in [2.05, 4.69) is 0 Å². The number of nitrogens with one attached hydrogen (secondary N) is 1. The van der Waals surface area contributed by atoms with Crippen LogP contribution in [-0.4, -0.2) is 25.2 Å². The van der Waals surface area contributed by atoms with Crippen molar-refractivity contribution in [3.63, 3.8) is 0 Å². The zero-order valence-corrected chi connectivity index (χ0v) is 10.7. The van der Waals surface area contributed by atoms with Crippen LogP contribution in [0, 0.1) is 12.3 Å². The summed E-state index contributed by atoms with van der Waals surface area (Å²) < 4.78 is 11.3. The molecule has 1 atom stereocenters. The van der Waals surface area contributed by atoms with E-state index in [1.54, 1.807) is 0 Å². The average molecular weight is 248 g/mol. The van der Waals surface area contributed by atoms with Crippen LogP contribution in [0.1, 0.15) is 30.4 Å². The Morgan fingerprint density at radius 3 is 2.94 bits per heavy atom. The minimum absolute atomic E-state index is 0.0923. The Hall–Kier alpha value is -1.55. The van der Waals surface area contributed by atoms with Gasteiger partial charge in [0.25, 0.3) is 0 Å². The fourth-order valence-electron chi connectivity index (χ4n) is 2.16. The van der Waals surface area contributed by atoms with Gasteiger partial charge in [0.05, 0.1) is 6.10 Å². The monoisotopic (exact) mass is 248 g/mol. The van der Waals surface area contributed by atoms with E-state index >= 15 is 0 Å². The summed E-state index contributed by atoms with van der Waals surface area (Å²) >= 11 is 0. The lowest BCUT2D eigenvalue weighted by molar-refractivity contribution is -0.0110. The summed E-state index contributed by atoms with van der Waals surface area (Å²) in [6, 6.07) is 5.60. The maximum Gasteiger partial charge on any atom is 0.123 e. The molecule has 1 fully saturated rings. The molecule has 1 aliphatic heterocycles. The highest BCUT2D eigenvalue weighted by Crippen LogP contribution is 2.19. The van der Waals surface area contributed by atoms with Crippen LogP contribution in [0.2, 0.25) is 0 Å². The number of benzene rings is 1. The van der Waals surface area contributed by atoms with Crippen LogP contribution in [0.5, 0.6) is 5.75 Å². The van der Waals surface area contributed by atoms with E-state index in [-0.39, 0.29) is 11.9 Å². The molecular weight excluding hydrogens is 228 g/mol. The number of ether oxygens (including phenoxy) is 2. The molecule has 1 aliphatic rings. The van der Waals surface area contributed by atoms with Gasteiger partial charge in [-0.2, -0.15) is 0 Å². The van der Waals surface area contributed by atoms with Crippen LogP contribution >= 0.6 is 0 Å². The maximum atomic E-state index is 7.43. The van der Waals surface area contributed by atoms with Crippen molar-refractivity contribution in [1.82, 2.24) is 0 Å². The molecule has 1 saturated heterocycles. The van der Waals surface area contributed by atoms with Crippen molar-refractivity contribution in [2.45, 2.75) is 32.3 Å². The lowest BCUT2D eigenvalue weighted by Gasteiger charge is -2.22. The standard InChI is InChI=1S/C14H20N2O2/c1-10-8-11(5-6-13(10)14(15)16)18-9-12-4-2-3-7-17-12/h5-6,8,12H,2-4,7,9H2,1H3,(H3,15,16). The third-order valence-electron chi connectivity index (χ3n) is 3.20. The molecular formula is C14H20N2O2. The van der Waals surface area contributed by atoms with Crippen LogP contribution < -0.4 is 10.5 Å². The summed E-state index contributed by atoms with van der Waals surface area (Å²) in [7, 11) is 0. The van der Waals surface area contributed by atoms with E-state index < -0.39 is 0 Å². The molecule has 4 heteroatoms. The highest BCUT2D eigenvalue weighted by atomic mass is 16.5. The third kappa shape index (κ3) is 3.23. The molecule has 0 radical (unpaired) electrons. The van der Waals surface area contributed by atoms with Gasteiger partial charge in [0.15, 0.2) is 0 Å².